The van der Waals surface area contributed by atoms with Crippen molar-refractivity contribution in [3.05, 3.63) is 102 Å². The number of pyridine rings is 1. The van der Waals surface area contributed by atoms with Crippen molar-refractivity contribution >= 4 is 17.4 Å². The average Bonchev–Trinajstić information content (AvgIpc) is 3.35. The van der Waals surface area contributed by atoms with Gasteiger partial charge in [-0.25, -0.2) is 14.4 Å². The molecule has 1 amide bonds. The predicted molar refractivity (Wildman–Crippen MR) is 125 cm³/mol. The highest BCUT2D eigenvalue weighted by Gasteiger charge is 2.30. The summed E-state index contributed by atoms with van der Waals surface area (Å²) in [5, 5.41) is 3.19. The normalized spacial score (nSPS) is 15.4. The van der Waals surface area contributed by atoms with Crippen molar-refractivity contribution in [2.75, 3.05) is 18.4 Å². The first-order valence-corrected chi connectivity index (χ1v) is 10.8. The molecule has 1 atom stereocenters. The van der Waals surface area contributed by atoms with Gasteiger partial charge in [0.05, 0.1) is 5.69 Å². The summed E-state index contributed by atoms with van der Waals surface area (Å²) in [5.41, 5.74) is 2.94. The minimum atomic E-state index is -0.325. The summed E-state index contributed by atoms with van der Waals surface area (Å²) < 4.78 is 13.7. The molecule has 0 saturated carbocycles. The first kappa shape index (κ1) is 20.8. The van der Waals surface area contributed by atoms with Crippen LogP contribution in [0.3, 0.4) is 0 Å². The maximum atomic E-state index is 13.7. The number of hydrogen-bond donors (Lipinski definition) is 1. The fourth-order valence-corrected chi connectivity index (χ4v) is 4.02. The van der Waals surface area contributed by atoms with Gasteiger partial charge in [0.25, 0.3) is 5.91 Å². The highest BCUT2D eigenvalue weighted by molar-refractivity contribution is 5.94. The van der Waals surface area contributed by atoms with Crippen LogP contribution in [0.1, 0.15) is 28.5 Å². The lowest BCUT2D eigenvalue weighted by Crippen LogP contribution is -2.28. The van der Waals surface area contributed by atoms with Crippen LogP contribution in [0.5, 0.6) is 0 Å². The first-order valence-electron chi connectivity index (χ1n) is 10.8. The number of aromatic nitrogens is 3. The number of rotatable bonds is 5. The topological polar surface area (TPSA) is 71.0 Å². The minimum absolute atomic E-state index is 0.00695. The van der Waals surface area contributed by atoms with Crippen LogP contribution >= 0.6 is 0 Å². The molecule has 5 rings (SSSR count). The van der Waals surface area contributed by atoms with Gasteiger partial charge in [-0.1, -0.05) is 24.3 Å². The van der Waals surface area contributed by atoms with Crippen molar-refractivity contribution in [2.24, 2.45) is 0 Å². The maximum absolute atomic E-state index is 13.7. The highest BCUT2D eigenvalue weighted by atomic mass is 19.1. The molecular weight excluding hydrogens is 417 g/mol. The Morgan fingerprint density at radius 2 is 1.79 bits per heavy atom. The Hall–Kier alpha value is -4.13. The standard InChI is InChI=1S/C26H22FN5O/c27-21-7-4-8-22(15-21)29-24-16-23(18-9-12-28-13-10-18)30-25(31-24)20-11-14-32(17-20)26(33)19-5-2-1-3-6-19/h1-10,12-13,15-16,20H,11,14,17H2,(H,29,30,31). The number of nitrogens with zero attached hydrogens (tertiary/aromatic N) is 4. The fourth-order valence-electron chi connectivity index (χ4n) is 4.02. The summed E-state index contributed by atoms with van der Waals surface area (Å²) in [7, 11) is 0. The van der Waals surface area contributed by atoms with Crippen molar-refractivity contribution in [1.82, 2.24) is 19.9 Å². The summed E-state index contributed by atoms with van der Waals surface area (Å²) in [6.45, 7) is 1.20. The molecule has 1 saturated heterocycles. The molecule has 7 heteroatoms. The van der Waals surface area contributed by atoms with Gasteiger partial charge < -0.3 is 10.2 Å². The molecule has 4 aromatic rings. The van der Waals surface area contributed by atoms with E-state index in [1.807, 2.05) is 53.4 Å². The third-order valence-corrected chi connectivity index (χ3v) is 5.68. The van der Waals surface area contributed by atoms with Crippen molar-refractivity contribution in [1.29, 1.82) is 0 Å². The zero-order valence-corrected chi connectivity index (χ0v) is 17.9. The van der Waals surface area contributed by atoms with Crippen molar-refractivity contribution in [2.45, 2.75) is 12.3 Å². The monoisotopic (exact) mass is 439 g/mol. The second-order valence-corrected chi connectivity index (χ2v) is 7.97. The molecule has 1 N–H and O–H groups in total. The predicted octanol–water partition coefficient (Wildman–Crippen LogP) is 5.05. The van der Waals surface area contributed by atoms with Crippen LogP contribution in [0.25, 0.3) is 11.3 Å². The number of benzene rings is 2. The van der Waals surface area contributed by atoms with Gasteiger partial charge in [0, 0.05) is 54.3 Å². The van der Waals surface area contributed by atoms with Crippen LogP contribution in [-0.4, -0.2) is 38.8 Å². The Kier molecular flexibility index (Phi) is 5.76. The lowest BCUT2D eigenvalue weighted by atomic mass is 10.1. The van der Waals surface area contributed by atoms with Crippen LogP contribution in [0.4, 0.5) is 15.9 Å². The van der Waals surface area contributed by atoms with E-state index < -0.39 is 0 Å². The largest absolute Gasteiger partial charge is 0.340 e. The Labute approximate surface area is 191 Å². The van der Waals surface area contributed by atoms with Crippen molar-refractivity contribution in [3.63, 3.8) is 0 Å². The fraction of sp³-hybridized carbons (Fsp3) is 0.154. The van der Waals surface area contributed by atoms with E-state index in [0.717, 1.165) is 17.7 Å². The molecule has 1 fully saturated rings. The summed E-state index contributed by atoms with van der Waals surface area (Å²) in [4.78, 5) is 28.4. The average molecular weight is 439 g/mol. The van der Waals surface area contributed by atoms with E-state index in [1.165, 1.54) is 12.1 Å². The van der Waals surface area contributed by atoms with Crippen LogP contribution in [0.15, 0.2) is 85.2 Å². The van der Waals surface area contributed by atoms with E-state index >= 15 is 0 Å². The van der Waals surface area contributed by atoms with Gasteiger partial charge in [-0.3, -0.25) is 9.78 Å². The second kappa shape index (κ2) is 9.16. The van der Waals surface area contributed by atoms with Gasteiger partial charge in [0.2, 0.25) is 0 Å². The van der Waals surface area contributed by atoms with Crippen molar-refractivity contribution in [3.8, 4) is 11.3 Å². The Bertz CT molecular complexity index is 1270. The minimum Gasteiger partial charge on any atom is -0.340 e. The van der Waals surface area contributed by atoms with E-state index in [9.17, 15) is 9.18 Å². The molecular formula is C26H22FN5O. The van der Waals surface area contributed by atoms with Gasteiger partial charge in [0.15, 0.2) is 0 Å². The zero-order valence-electron chi connectivity index (χ0n) is 17.9. The van der Waals surface area contributed by atoms with E-state index in [1.54, 1.807) is 24.5 Å². The number of amides is 1. The number of carbonyl (C=O) groups is 1. The lowest BCUT2D eigenvalue weighted by molar-refractivity contribution is 0.0790. The highest BCUT2D eigenvalue weighted by Crippen LogP contribution is 2.30. The van der Waals surface area contributed by atoms with Crippen LogP contribution in [0, 0.1) is 5.82 Å². The number of likely N-dealkylation sites (tertiary alicyclic amines) is 1. The van der Waals surface area contributed by atoms with Gasteiger partial charge in [-0.2, -0.15) is 0 Å². The van der Waals surface area contributed by atoms with Gasteiger partial charge in [-0.05, 0) is 48.9 Å². The number of anilines is 2. The van der Waals surface area contributed by atoms with E-state index in [4.69, 9.17) is 9.97 Å². The third-order valence-electron chi connectivity index (χ3n) is 5.68. The van der Waals surface area contributed by atoms with E-state index in [0.29, 0.717) is 36.0 Å². The number of nitrogens with one attached hydrogen (secondary N) is 1. The SMILES string of the molecule is O=C(c1ccccc1)N1CCC(c2nc(Nc3cccc(F)c3)cc(-c3ccncc3)n2)C1. The third kappa shape index (κ3) is 4.72. The molecule has 0 bridgehead atoms. The van der Waals surface area contributed by atoms with E-state index in [2.05, 4.69) is 10.3 Å². The van der Waals surface area contributed by atoms with E-state index in [-0.39, 0.29) is 17.6 Å². The summed E-state index contributed by atoms with van der Waals surface area (Å²) >= 11 is 0. The van der Waals surface area contributed by atoms with Gasteiger partial charge in [-0.15, -0.1) is 0 Å². The molecule has 1 unspecified atom stereocenters. The quantitative estimate of drug-likeness (QED) is 0.471. The molecule has 2 aromatic heterocycles. The molecule has 0 radical (unpaired) electrons. The second-order valence-electron chi connectivity index (χ2n) is 7.97. The summed E-state index contributed by atoms with van der Waals surface area (Å²) in [5.74, 6) is 0.931. The van der Waals surface area contributed by atoms with Gasteiger partial charge in [0.1, 0.15) is 17.5 Å². The van der Waals surface area contributed by atoms with Crippen LogP contribution < -0.4 is 5.32 Å². The Morgan fingerprint density at radius 3 is 2.58 bits per heavy atom. The molecule has 0 aliphatic carbocycles. The molecule has 1 aliphatic rings. The smallest absolute Gasteiger partial charge is 0.253 e. The summed E-state index contributed by atoms with van der Waals surface area (Å²) in [6, 6.07) is 21.2. The first-order chi connectivity index (χ1) is 16.2. The summed E-state index contributed by atoms with van der Waals surface area (Å²) in [6.07, 6.45) is 4.21. The number of carbonyl (C=O) groups excluding carboxylic acids is 1. The number of hydrogen-bond acceptors (Lipinski definition) is 5. The molecule has 2 aromatic carbocycles. The van der Waals surface area contributed by atoms with Gasteiger partial charge >= 0.3 is 0 Å². The Morgan fingerprint density at radius 1 is 0.970 bits per heavy atom. The van der Waals surface area contributed by atoms with Crippen LogP contribution in [0.2, 0.25) is 0 Å². The number of halogens is 1. The Balaban J connectivity index is 1.44. The van der Waals surface area contributed by atoms with Crippen molar-refractivity contribution < 1.29 is 9.18 Å². The molecule has 6 nitrogen and oxygen atoms in total. The molecule has 164 valence electrons. The molecule has 33 heavy (non-hydrogen) atoms. The zero-order chi connectivity index (χ0) is 22.6. The maximum Gasteiger partial charge on any atom is 0.253 e. The van der Waals surface area contributed by atoms with Crippen LogP contribution in [-0.2, 0) is 0 Å². The molecule has 1 aliphatic heterocycles. The molecule has 3 heterocycles. The lowest BCUT2D eigenvalue weighted by Gasteiger charge is -2.17. The molecule has 0 spiro atoms.